The van der Waals surface area contributed by atoms with E-state index in [0.29, 0.717) is 18.8 Å². The Hall–Kier alpha value is -2.84. The summed E-state index contributed by atoms with van der Waals surface area (Å²) in [6.07, 6.45) is -0.989. The summed E-state index contributed by atoms with van der Waals surface area (Å²) in [6, 6.07) is 14.6. The standard InChI is InChI=1S/C23H26N2O5S/c1-15(26)29-18-11-9-17(10-12-18)22-21(30-16(2)27)23(28)25(14-13-24(3)4)19-7-5-6-8-20(19)31-22/h5-12,21-22H,13-14H2,1-4H3. The number of thioether (sulfide) groups is 1. The fourth-order valence-corrected chi connectivity index (χ4v) is 4.65. The van der Waals surface area contributed by atoms with E-state index >= 15 is 0 Å². The highest BCUT2D eigenvalue weighted by Gasteiger charge is 2.40. The summed E-state index contributed by atoms with van der Waals surface area (Å²) in [4.78, 5) is 41.3. The van der Waals surface area contributed by atoms with Gasteiger partial charge in [0.05, 0.1) is 10.9 Å². The van der Waals surface area contributed by atoms with Gasteiger partial charge in [-0.25, -0.2) is 0 Å². The lowest BCUT2D eigenvalue weighted by atomic mass is 10.1. The van der Waals surface area contributed by atoms with E-state index in [-0.39, 0.29) is 5.91 Å². The van der Waals surface area contributed by atoms with Crippen molar-refractivity contribution in [3.63, 3.8) is 0 Å². The molecule has 31 heavy (non-hydrogen) atoms. The first-order valence-corrected chi connectivity index (χ1v) is 10.8. The van der Waals surface area contributed by atoms with Crippen molar-refractivity contribution in [2.24, 2.45) is 0 Å². The van der Waals surface area contributed by atoms with Gasteiger partial charge < -0.3 is 19.3 Å². The molecule has 0 fully saturated rings. The largest absolute Gasteiger partial charge is 0.451 e. The number of fused-ring (bicyclic) bond motifs is 1. The maximum Gasteiger partial charge on any atom is 0.308 e. The van der Waals surface area contributed by atoms with Crippen LogP contribution in [0.4, 0.5) is 5.69 Å². The maximum absolute atomic E-state index is 13.6. The number of benzene rings is 2. The highest BCUT2D eigenvalue weighted by molar-refractivity contribution is 7.99. The molecule has 1 heterocycles. The molecule has 1 amide bonds. The highest BCUT2D eigenvalue weighted by Crippen LogP contribution is 2.46. The van der Waals surface area contributed by atoms with Crippen molar-refractivity contribution in [1.82, 2.24) is 4.90 Å². The Balaban J connectivity index is 2.03. The summed E-state index contributed by atoms with van der Waals surface area (Å²) in [5.74, 6) is -0.768. The number of esters is 2. The summed E-state index contributed by atoms with van der Waals surface area (Å²) >= 11 is 1.48. The zero-order valence-corrected chi connectivity index (χ0v) is 18.8. The molecule has 8 heteroatoms. The van der Waals surface area contributed by atoms with Gasteiger partial charge in [0, 0.05) is 31.8 Å². The molecule has 1 aliphatic heterocycles. The molecule has 0 bridgehead atoms. The lowest BCUT2D eigenvalue weighted by Gasteiger charge is -2.28. The average Bonchev–Trinajstić information content (AvgIpc) is 2.81. The zero-order valence-electron chi connectivity index (χ0n) is 18.0. The minimum Gasteiger partial charge on any atom is -0.451 e. The van der Waals surface area contributed by atoms with E-state index in [4.69, 9.17) is 9.47 Å². The van der Waals surface area contributed by atoms with Crippen LogP contribution < -0.4 is 9.64 Å². The van der Waals surface area contributed by atoms with Gasteiger partial charge in [-0.3, -0.25) is 14.4 Å². The van der Waals surface area contributed by atoms with Crippen LogP contribution in [0, 0.1) is 0 Å². The molecule has 3 rings (SSSR count). The molecule has 0 radical (unpaired) electrons. The molecule has 2 atom stereocenters. The minimum atomic E-state index is -0.989. The van der Waals surface area contributed by atoms with E-state index in [1.807, 2.05) is 43.3 Å². The van der Waals surface area contributed by atoms with Crippen molar-refractivity contribution < 1.29 is 23.9 Å². The molecular weight excluding hydrogens is 416 g/mol. The molecule has 0 spiro atoms. The number of nitrogens with zero attached hydrogens (tertiary/aromatic N) is 2. The molecule has 0 saturated heterocycles. The Morgan fingerprint density at radius 3 is 2.32 bits per heavy atom. The van der Waals surface area contributed by atoms with Crippen LogP contribution in [0.25, 0.3) is 0 Å². The third-order valence-corrected chi connectivity index (χ3v) is 6.10. The SMILES string of the molecule is CC(=O)Oc1ccc(C2Sc3ccccc3N(CCN(C)C)C(=O)C2OC(C)=O)cc1. The smallest absolute Gasteiger partial charge is 0.308 e. The molecule has 1 aliphatic rings. The molecule has 2 unspecified atom stereocenters. The van der Waals surface area contributed by atoms with Crippen LogP contribution >= 0.6 is 11.8 Å². The van der Waals surface area contributed by atoms with Gasteiger partial charge in [0.25, 0.3) is 5.91 Å². The number of hydrogen-bond donors (Lipinski definition) is 0. The van der Waals surface area contributed by atoms with E-state index in [0.717, 1.165) is 16.1 Å². The first kappa shape index (κ1) is 22.8. The van der Waals surface area contributed by atoms with Crippen LogP contribution in [-0.2, 0) is 19.1 Å². The van der Waals surface area contributed by atoms with Crippen molar-refractivity contribution in [3.8, 4) is 5.75 Å². The molecule has 164 valence electrons. The number of hydrogen-bond acceptors (Lipinski definition) is 7. The lowest BCUT2D eigenvalue weighted by Crippen LogP contribution is -2.45. The second-order valence-corrected chi connectivity index (χ2v) is 8.68. The van der Waals surface area contributed by atoms with Crippen LogP contribution in [0.1, 0.15) is 24.7 Å². The van der Waals surface area contributed by atoms with Gasteiger partial charge >= 0.3 is 11.9 Å². The third-order valence-electron chi connectivity index (χ3n) is 4.73. The first-order valence-electron chi connectivity index (χ1n) is 9.93. The van der Waals surface area contributed by atoms with E-state index in [1.54, 1.807) is 29.2 Å². The fraction of sp³-hybridized carbons (Fsp3) is 0.348. The van der Waals surface area contributed by atoms with Crippen molar-refractivity contribution in [1.29, 1.82) is 0 Å². The van der Waals surface area contributed by atoms with E-state index in [2.05, 4.69) is 0 Å². The van der Waals surface area contributed by atoms with E-state index in [9.17, 15) is 14.4 Å². The van der Waals surface area contributed by atoms with Gasteiger partial charge in [-0.1, -0.05) is 24.3 Å². The predicted molar refractivity (Wildman–Crippen MR) is 119 cm³/mol. The van der Waals surface area contributed by atoms with Crippen LogP contribution in [-0.4, -0.2) is 56.0 Å². The number of carbonyl (C=O) groups excluding carboxylic acids is 3. The van der Waals surface area contributed by atoms with Crippen molar-refractivity contribution in [2.45, 2.75) is 30.1 Å². The van der Waals surface area contributed by atoms with Crippen LogP contribution in [0.15, 0.2) is 53.4 Å². The molecule has 0 aromatic heterocycles. The quantitative estimate of drug-likeness (QED) is 0.502. The summed E-state index contributed by atoms with van der Waals surface area (Å²) in [6.45, 7) is 3.78. The number of amides is 1. The first-order chi connectivity index (χ1) is 14.8. The number of likely N-dealkylation sites (N-methyl/N-ethyl adjacent to an activating group) is 1. The third kappa shape index (κ3) is 5.65. The van der Waals surface area contributed by atoms with Gasteiger partial charge in [-0.05, 0) is 43.9 Å². The molecule has 2 aromatic carbocycles. The molecule has 0 N–H and O–H groups in total. The number of anilines is 1. The Bertz CT molecular complexity index is 961. The zero-order chi connectivity index (χ0) is 22.5. The fourth-order valence-electron chi connectivity index (χ4n) is 3.34. The van der Waals surface area contributed by atoms with Crippen LogP contribution in [0.5, 0.6) is 5.75 Å². The monoisotopic (exact) mass is 442 g/mol. The Morgan fingerprint density at radius 1 is 1.03 bits per heavy atom. The van der Waals surface area contributed by atoms with Gasteiger partial charge in [0.15, 0.2) is 6.10 Å². The predicted octanol–water partition coefficient (Wildman–Crippen LogP) is 3.29. The van der Waals surface area contributed by atoms with Gasteiger partial charge in [-0.15, -0.1) is 11.8 Å². The Kier molecular flexibility index (Phi) is 7.35. The van der Waals surface area contributed by atoms with Crippen LogP contribution in [0.2, 0.25) is 0 Å². The van der Waals surface area contributed by atoms with E-state index in [1.165, 1.54) is 25.6 Å². The van der Waals surface area contributed by atoms with E-state index < -0.39 is 23.3 Å². The molecule has 0 saturated carbocycles. The van der Waals surface area contributed by atoms with Gasteiger partial charge in [0.2, 0.25) is 0 Å². The average molecular weight is 443 g/mol. The Labute approximate surface area is 186 Å². The maximum atomic E-state index is 13.6. The number of ether oxygens (including phenoxy) is 2. The Morgan fingerprint density at radius 2 is 1.71 bits per heavy atom. The van der Waals surface area contributed by atoms with Crippen molar-refractivity contribution in [3.05, 3.63) is 54.1 Å². The molecule has 7 nitrogen and oxygen atoms in total. The number of para-hydroxylation sites is 1. The highest BCUT2D eigenvalue weighted by atomic mass is 32.2. The molecule has 2 aromatic rings. The number of rotatable bonds is 6. The summed E-state index contributed by atoms with van der Waals surface area (Å²) in [5.41, 5.74) is 1.60. The molecular formula is C23H26N2O5S. The summed E-state index contributed by atoms with van der Waals surface area (Å²) in [5, 5.41) is -0.451. The van der Waals surface area contributed by atoms with Gasteiger partial charge in [0.1, 0.15) is 5.75 Å². The van der Waals surface area contributed by atoms with Gasteiger partial charge in [-0.2, -0.15) is 0 Å². The second-order valence-electron chi connectivity index (χ2n) is 7.49. The lowest BCUT2D eigenvalue weighted by molar-refractivity contribution is -0.152. The molecule has 0 aliphatic carbocycles. The van der Waals surface area contributed by atoms with Crippen molar-refractivity contribution >= 4 is 35.3 Å². The minimum absolute atomic E-state index is 0.261. The number of carbonyl (C=O) groups is 3. The summed E-state index contributed by atoms with van der Waals surface area (Å²) in [7, 11) is 3.89. The van der Waals surface area contributed by atoms with Crippen molar-refractivity contribution in [2.75, 3.05) is 32.1 Å². The van der Waals surface area contributed by atoms with Crippen LogP contribution in [0.3, 0.4) is 0 Å². The second kappa shape index (κ2) is 9.98. The summed E-state index contributed by atoms with van der Waals surface area (Å²) < 4.78 is 10.7. The normalized spacial score (nSPS) is 18.4. The topological polar surface area (TPSA) is 76.2 Å².